The fraction of sp³-hybridized carbons (Fsp3) is 0.571. The molecule has 0 amide bonds. The van der Waals surface area contributed by atoms with Crippen LogP contribution in [0.3, 0.4) is 0 Å². The van der Waals surface area contributed by atoms with Crippen LogP contribution in [0, 0.1) is 0 Å². The van der Waals surface area contributed by atoms with Gasteiger partial charge in [-0.05, 0) is 55.7 Å². The van der Waals surface area contributed by atoms with Gasteiger partial charge in [0.05, 0.1) is 0 Å². The highest BCUT2D eigenvalue weighted by molar-refractivity contribution is 5.35. The quantitative estimate of drug-likeness (QED) is 0.793. The molecular weight excluding hydrogens is 182 g/mol. The zero-order valence-electron chi connectivity index (χ0n) is 9.47. The Morgan fingerprint density at radius 3 is 2.80 bits per heavy atom. The van der Waals surface area contributed by atoms with Gasteiger partial charge in [-0.1, -0.05) is 18.2 Å². The molecule has 1 fully saturated rings. The second kappa shape index (κ2) is 3.34. The summed E-state index contributed by atoms with van der Waals surface area (Å²) in [6, 6.07) is 7.03. The van der Waals surface area contributed by atoms with E-state index in [1.807, 2.05) is 0 Å². The summed E-state index contributed by atoms with van der Waals surface area (Å²) in [5.74, 6) is 0. The Labute approximate surface area is 91.9 Å². The second-order valence-corrected chi connectivity index (χ2v) is 5.37. The van der Waals surface area contributed by atoms with Crippen LogP contribution in [0.4, 0.5) is 0 Å². The van der Waals surface area contributed by atoms with Gasteiger partial charge in [0.25, 0.3) is 0 Å². The number of aryl methyl sites for hydroxylation is 2. The molecule has 0 saturated heterocycles. The average Bonchev–Trinajstić information content (AvgIpc) is 2.80. The normalized spacial score (nSPS) is 21.4. The minimum absolute atomic E-state index is 0.457. The third-order valence-electron chi connectivity index (χ3n) is 3.88. The molecule has 2 aliphatic carbocycles. The van der Waals surface area contributed by atoms with Crippen molar-refractivity contribution in [2.75, 3.05) is 0 Å². The molecule has 0 unspecified atom stereocenters. The molecule has 1 nitrogen and oxygen atoms in total. The summed E-state index contributed by atoms with van der Waals surface area (Å²) < 4.78 is 0. The van der Waals surface area contributed by atoms with E-state index in [0.29, 0.717) is 5.54 Å². The van der Waals surface area contributed by atoms with Gasteiger partial charge in [0.2, 0.25) is 0 Å². The molecule has 1 saturated carbocycles. The fourth-order valence-electron chi connectivity index (χ4n) is 2.41. The van der Waals surface area contributed by atoms with Crippen LogP contribution in [0.1, 0.15) is 42.9 Å². The van der Waals surface area contributed by atoms with E-state index < -0.39 is 0 Å². The molecule has 1 heteroatoms. The van der Waals surface area contributed by atoms with Gasteiger partial charge >= 0.3 is 0 Å². The largest absolute Gasteiger partial charge is 0.307 e. The van der Waals surface area contributed by atoms with Gasteiger partial charge in [0, 0.05) is 12.1 Å². The van der Waals surface area contributed by atoms with Gasteiger partial charge in [-0.2, -0.15) is 0 Å². The molecule has 1 aromatic carbocycles. The highest BCUT2D eigenvalue weighted by atomic mass is 15.0. The lowest BCUT2D eigenvalue weighted by molar-refractivity contribution is 0.537. The Morgan fingerprint density at radius 1 is 1.20 bits per heavy atom. The van der Waals surface area contributed by atoms with E-state index in [9.17, 15) is 0 Å². The predicted molar refractivity (Wildman–Crippen MR) is 62.9 cm³/mol. The molecule has 0 aromatic heterocycles. The fourth-order valence-corrected chi connectivity index (χ4v) is 2.41. The van der Waals surface area contributed by atoms with Gasteiger partial charge in [0.1, 0.15) is 0 Å². The maximum Gasteiger partial charge on any atom is 0.0210 e. The summed E-state index contributed by atoms with van der Waals surface area (Å²) in [4.78, 5) is 0. The Bertz CT molecular complexity index is 377. The van der Waals surface area contributed by atoms with Crippen LogP contribution < -0.4 is 5.32 Å². The first-order valence-corrected chi connectivity index (χ1v) is 6.11. The number of nitrogens with one attached hydrogen (secondary N) is 1. The summed E-state index contributed by atoms with van der Waals surface area (Å²) in [6.45, 7) is 3.37. The topological polar surface area (TPSA) is 12.0 Å². The highest BCUT2D eigenvalue weighted by Crippen LogP contribution is 2.34. The van der Waals surface area contributed by atoms with Gasteiger partial charge in [-0.15, -0.1) is 0 Å². The lowest BCUT2D eigenvalue weighted by Crippen LogP contribution is -2.26. The molecule has 0 radical (unpaired) electrons. The van der Waals surface area contributed by atoms with E-state index in [1.54, 1.807) is 11.1 Å². The van der Waals surface area contributed by atoms with Gasteiger partial charge in [-0.25, -0.2) is 0 Å². The van der Waals surface area contributed by atoms with Crippen molar-refractivity contribution in [3.05, 3.63) is 34.9 Å². The Balaban J connectivity index is 1.70. The first kappa shape index (κ1) is 9.41. The van der Waals surface area contributed by atoms with E-state index in [-0.39, 0.29) is 0 Å². The number of benzene rings is 1. The van der Waals surface area contributed by atoms with E-state index in [4.69, 9.17) is 0 Å². The molecule has 80 valence electrons. The lowest BCUT2D eigenvalue weighted by Gasteiger charge is -2.12. The first-order chi connectivity index (χ1) is 7.25. The summed E-state index contributed by atoms with van der Waals surface area (Å²) in [7, 11) is 0. The zero-order chi connectivity index (χ0) is 10.3. The molecule has 2 aliphatic rings. The van der Waals surface area contributed by atoms with Crippen molar-refractivity contribution in [2.24, 2.45) is 0 Å². The molecule has 15 heavy (non-hydrogen) atoms. The van der Waals surface area contributed by atoms with Crippen molar-refractivity contribution < 1.29 is 0 Å². The monoisotopic (exact) mass is 201 g/mol. The van der Waals surface area contributed by atoms with Crippen LogP contribution >= 0.6 is 0 Å². The molecule has 0 bridgehead atoms. The van der Waals surface area contributed by atoms with Crippen molar-refractivity contribution in [3.63, 3.8) is 0 Å². The average molecular weight is 201 g/mol. The zero-order valence-corrected chi connectivity index (χ0v) is 9.47. The molecule has 0 spiro atoms. The Hall–Kier alpha value is -0.820. The van der Waals surface area contributed by atoms with Crippen molar-refractivity contribution in [3.8, 4) is 0 Å². The lowest BCUT2D eigenvalue weighted by atomic mass is 10.1. The van der Waals surface area contributed by atoms with Crippen molar-refractivity contribution in [1.82, 2.24) is 5.32 Å². The number of hydrogen-bond acceptors (Lipinski definition) is 1. The second-order valence-electron chi connectivity index (χ2n) is 5.37. The predicted octanol–water partition coefficient (Wildman–Crippen LogP) is 2.82. The Kier molecular flexibility index (Phi) is 2.10. The third kappa shape index (κ3) is 1.93. The summed E-state index contributed by atoms with van der Waals surface area (Å²) in [5.41, 5.74) is 5.09. The van der Waals surface area contributed by atoms with Crippen LogP contribution in [0.5, 0.6) is 0 Å². The number of fused-ring (bicyclic) bond motifs is 1. The smallest absolute Gasteiger partial charge is 0.0210 e. The molecule has 0 aliphatic heterocycles. The van der Waals surface area contributed by atoms with Crippen molar-refractivity contribution in [1.29, 1.82) is 0 Å². The molecule has 3 rings (SSSR count). The van der Waals surface area contributed by atoms with Crippen molar-refractivity contribution in [2.45, 2.75) is 51.1 Å². The summed E-state index contributed by atoms with van der Waals surface area (Å²) >= 11 is 0. The summed E-state index contributed by atoms with van der Waals surface area (Å²) in [5, 5.41) is 3.64. The molecule has 0 atom stereocenters. The van der Waals surface area contributed by atoms with E-state index in [2.05, 4.69) is 30.4 Å². The van der Waals surface area contributed by atoms with E-state index >= 15 is 0 Å². The standard InChI is InChI=1S/C14H19N/c1-14(7-8-14)15-10-11-5-6-12-3-2-4-13(12)9-11/h5-6,9,15H,2-4,7-8,10H2,1H3. The SMILES string of the molecule is CC1(NCc2ccc3c(c2)CCC3)CC1. The van der Waals surface area contributed by atoms with Crippen LogP contribution in [-0.2, 0) is 19.4 Å². The van der Waals surface area contributed by atoms with Crippen LogP contribution in [-0.4, -0.2) is 5.54 Å². The first-order valence-electron chi connectivity index (χ1n) is 6.11. The van der Waals surface area contributed by atoms with Gasteiger partial charge in [0.15, 0.2) is 0 Å². The molecule has 1 aromatic rings. The minimum atomic E-state index is 0.457. The maximum atomic E-state index is 3.64. The third-order valence-corrected chi connectivity index (χ3v) is 3.88. The Morgan fingerprint density at radius 2 is 2.00 bits per heavy atom. The van der Waals surface area contributed by atoms with Gasteiger partial charge < -0.3 is 5.32 Å². The molecule has 1 N–H and O–H groups in total. The number of rotatable bonds is 3. The van der Waals surface area contributed by atoms with E-state index in [0.717, 1.165) is 6.54 Å². The molecule has 0 heterocycles. The van der Waals surface area contributed by atoms with Crippen LogP contribution in [0.25, 0.3) is 0 Å². The number of hydrogen-bond donors (Lipinski definition) is 1. The van der Waals surface area contributed by atoms with Gasteiger partial charge in [-0.3, -0.25) is 0 Å². The van der Waals surface area contributed by atoms with Crippen LogP contribution in [0.15, 0.2) is 18.2 Å². The maximum absolute atomic E-state index is 3.64. The minimum Gasteiger partial charge on any atom is -0.307 e. The summed E-state index contributed by atoms with van der Waals surface area (Å²) in [6.07, 6.45) is 6.63. The molecular formula is C14H19N. The van der Waals surface area contributed by atoms with Crippen molar-refractivity contribution >= 4 is 0 Å². The van der Waals surface area contributed by atoms with E-state index in [1.165, 1.54) is 37.7 Å². The van der Waals surface area contributed by atoms with Crippen LogP contribution in [0.2, 0.25) is 0 Å². The highest BCUT2D eigenvalue weighted by Gasteiger charge is 2.36.